The van der Waals surface area contributed by atoms with E-state index in [2.05, 4.69) is 27.0 Å². The molecular formula is C13H21N5OS. The third-order valence-corrected chi connectivity index (χ3v) is 5.22. The Hall–Kier alpha value is -1.34. The van der Waals surface area contributed by atoms with Gasteiger partial charge in [-0.25, -0.2) is 15.8 Å². The maximum absolute atomic E-state index is 12.1. The third kappa shape index (κ3) is 3.61. The Balaban J connectivity index is 1.93. The summed E-state index contributed by atoms with van der Waals surface area (Å²) >= 11 is 1.86. The Labute approximate surface area is 123 Å². The van der Waals surface area contributed by atoms with E-state index in [-0.39, 0.29) is 10.7 Å². The smallest absolute Gasteiger partial charge is 0.271 e. The first-order valence-corrected chi connectivity index (χ1v) is 8.04. The fraction of sp³-hybridized carbons (Fsp3) is 0.615. The van der Waals surface area contributed by atoms with Crippen molar-refractivity contribution < 1.29 is 4.79 Å². The molecule has 0 atom stereocenters. The molecule has 1 aromatic rings. The number of aromatic nitrogens is 2. The molecule has 0 aromatic carbocycles. The molecule has 2 rings (SSSR count). The van der Waals surface area contributed by atoms with Gasteiger partial charge in [0, 0.05) is 11.3 Å². The van der Waals surface area contributed by atoms with Crippen LogP contribution >= 0.6 is 11.8 Å². The van der Waals surface area contributed by atoms with Crippen molar-refractivity contribution in [2.45, 2.75) is 36.9 Å². The fourth-order valence-corrected chi connectivity index (χ4v) is 3.41. The zero-order valence-corrected chi connectivity index (χ0v) is 12.5. The average Bonchev–Trinajstić information content (AvgIpc) is 2.53. The van der Waals surface area contributed by atoms with Gasteiger partial charge in [-0.3, -0.25) is 4.79 Å². The van der Waals surface area contributed by atoms with Gasteiger partial charge in [0.25, 0.3) is 5.91 Å². The molecule has 1 fully saturated rings. The molecule has 1 aromatic heterocycles. The summed E-state index contributed by atoms with van der Waals surface area (Å²) in [5.74, 6) is 5.47. The number of anilines is 1. The lowest BCUT2D eigenvalue weighted by molar-refractivity contribution is 0.0941. The fourth-order valence-electron chi connectivity index (χ4n) is 2.50. The van der Waals surface area contributed by atoms with Crippen LogP contribution in [-0.2, 0) is 0 Å². The minimum absolute atomic E-state index is 0.180. The van der Waals surface area contributed by atoms with Gasteiger partial charge in [0.05, 0.1) is 12.4 Å². The van der Waals surface area contributed by atoms with Gasteiger partial charge in [0.15, 0.2) is 5.82 Å². The Morgan fingerprint density at radius 1 is 1.35 bits per heavy atom. The Bertz CT molecular complexity index is 445. The second kappa shape index (κ2) is 6.90. The molecule has 1 aliphatic rings. The summed E-state index contributed by atoms with van der Waals surface area (Å²) in [6.45, 7) is 0.686. The molecule has 110 valence electrons. The second-order valence-electron chi connectivity index (χ2n) is 5.06. The van der Waals surface area contributed by atoms with Crippen LogP contribution in [0, 0.1) is 0 Å². The summed E-state index contributed by atoms with van der Waals surface area (Å²) in [5, 5.41) is 2.98. The first-order chi connectivity index (χ1) is 9.69. The Kier molecular flexibility index (Phi) is 5.19. The molecule has 1 heterocycles. The van der Waals surface area contributed by atoms with Gasteiger partial charge >= 0.3 is 0 Å². The minimum Gasteiger partial charge on any atom is -0.349 e. The van der Waals surface area contributed by atoms with Crippen molar-refractivity contribution in [2.24, 2.45) is 5.84 Å². The molecule has 0 saturated heterocycles. The maximum atomic E-state index is 12.1. The number of hydrogen-bond acceptors (Lipinski definition) is 6. The summed E-state index contributed by atoms with van der Waals surface area (Å²) in [5.41, 5.74) is 2.70. The van der Waals surface area contributed by atoms with Crippen molar-refractivity contribution in [3.63, 3.8) is 0 Å². The van der Waals surface area contributed by atoms with E-state index in [0.717, 1.165) is 12.8 Å². The SMILES string of the molecule is CSC1(CNC(=O)c2cnc(NN)cn2)CCCCC1. The molecular weight excluding hydrogens is 274 g/mol. The molecule has 4 N–H and O–H groups in total. The first kappa shape index (κ1) is 15.1. The van der Waals surface area contributed by atoms with Gasteiger partial charge in [-0.1, -0.05) is 19.3 Å². The van der Waals surface area contributed by atoms with Crippen LogP contribution in [0.15, 0.2) is 12.4 Å². The lowest BCUT2D eigenvalue weighted by Gasteiger charge is -2.35. The predicted molar refractivity (Wildman–Crippen MR) is 81.5 cm³/mol. The molecule has 7 heteroatoms. The Morgan fingerprint density at radius 2 is 2.10 bits per heavy atom. The number of nitrogens with zero attached hydrogens (tertiary/aromatic N) is 2. The highest BCUT2D eigenvalue weighted by molar-refractivity contribution is 8.00. The maximum Gasteiger partial charge on any atom is 0.271 e. The molecule has 1 amide bonds. The van der Waals surface area contributed by atoms with Crippen LogP contribution in [0.4, 0.5) is 5.82 Å². The minimum atomic E-state index is -0.180. The van der Waals surface area contributed by atoms with Crippen molar-refractivity contribution >= 4 is 23.5 Å². The standard InChI is InChI=1S/C13H21N5OS/c1-20-13(5-3-2-4-6-13)9-17-12(19)10-7-16-11(18-14)8-15-10/h7-8H,2-6,9,14H2,1H3,(H,16,18)(H,17,19). The number of carbonyl (C=O) groups is 1. The number of amides is 1. The van der Waals surface area contributed by atoms with Crippen LogP contribution < -0.4 is 16.6 Å². The van der Waals surface area contributed by atoms with E-state index in [9.17, 15) is 4.79 Å². The molecule has 0 unspecified atom stereocenters. The quantitative estimate of drug-likeness (QED) is 0.564. The number of thioether (sulfide) groups is 1. The molecule has 0 spiro atoms. The van der Waals surface area contributed by atoms with Gasteiger partial charge in [0.1, 0.15) is 5.69 Å². The van der Waals surface area contributed by atoms with Crippen LogP contribution in [-0.4, -0.2) is 33.4 Å². The van der Waals surface area contributed by atoms with Crippen LogP contribution in [0.25, 0.3) is 0 Å². The van der Waals surface area contributed by atoms with E-state index in [1.54, 1.807) is 0 Å². The van der Waals surface area contributed by atoms with Crippen LogP contribution in [0.2, 0.25) is 0 Å². The van der Waals surface area contributed by atoms with E-state index in [1.807, 2.05) is 11.8 Å². The number of nitrogens with two attached hydrogens (primary N) is 1. The molecule has 1 saturated carbocycles. The third-order valence-electron chi connectivity index (χ3n) is 3.80. The number of carbonyl (C=O) groups excluding carboxylic acids is 1. The number of hydrazine groups is 1. The van der Waals surface area contributed by atoms with E-state index >= 15 is 0 Å². The van der Waals surface area contributed by atoms with Crippen molar-refractivity contribution in [2.75, 3.05) is 18.2 Å². The zero-order chi connectivity index (χ0) is 14.4. The normalized spacial score (nSPS) is 17.5. The van der Waals surface area contributed by atoms with Crippen molar-refractivity contribution in [3.8, 4) is 0 Å². The Morgan fingerprint density at radius 3 is 2.65 bits per heavy atom. The van der Waals surface area contributed by atoms with Gasteiger partial charge in [-0.15, -0.1) is 0 Å². The van der Waals surface area contributed by atoms with Crippen LogP contribution in [0.5, 0.6) is 0 Å². The van der Waals surface area contributed by atoms with Gasteiger partial charge in [-0.2, -0.15) is 11.8 Å². The molecule has 1 aliphatic carbocycles. The van der Waals surface area contributed by atoms with Crippen LogP contribution in [0.1, 0.15) is 42.6 Å². The van der Waals surface area contributed by atoms with E-state index in [4.69, 9.17) is 5.84 Å². The predicted octanol–water partition coefficient (Wildman–Crippen LogP) is 1.56. The van der Waals surface area contributed by atoms with Gasteiger partial charge in [-0.05, 0) is 19.1 Å². The van der Waals surface area contributed by atoms with Crippen molar-refractivity contribution in [3.05, 3.63) is 18.1 Å². The topological polar surface area (TPSA) is 92.9 Å². The molecule has 6 nitrogen and oxygen atoms in total. The summed E-state index contributed by atoms with van der Waals surface area (Å²) in [6, 6.07) is 0. The van der Waals surface area contributed by atoms with Crippen LogP contribution in [0.3, 0.4) is 0 Å². The second-order valence-corrected chi connectivity index (χ2v) is 6.34. The summed E-state index contributed by atoms with van der Waals surface area (Å²) < 4.78 is 0.181. The van der Waals surface area contributed by atoms with E-state index < -0.39 is 0 Å². The first-order valence-electron chi connectivity index (χ1n) is 6.81. The monoisotopic (exact) mass is 295 g/mol. The summed E-state index contributed by atoms with van der Waals surface area (Å²) in [7, 11) is 0. The van der Waals surface area contributed by atoms with Crippen molar-refractivity contribution in [1.82, 2.24) is 15.3 Å². The molecule has 0 bridgehead atoms. The highest BCUT2D eigenvalue weighted by atomic mass is 32.2. The number of nitrogens with one attached hydrogen (secondary N) is 2. The molecule has 0 radical (unpaired) electrons. The van der Waals surface area contributed by atoms with Gasteiger partial charge in [0.2, 0.25) is 0 Å². The van der Waals surface area contributed by atoms with E-state index in [0.29, 0.717) is 18.1 Å². The lowest BCUT2D eigenvalue weighted by atomic mass is 9.88. The lowest BCUT2D eigenvalue weighted by Crippen LogP contribution is -2.42. The average molecular weight is 295 g/mol. The number of rotatable bonds is 5. The highest BCUT2D eigenvalue weighted by Gasteiger charge is 2.31. The highest BCUT2D eigenvalue weighted by Crippen LogP contribution is 2.37. The number of nitrogen functional groups attached to an aromatic ring is 1. The summed E-state index contributed by atoms with van der Waals surface area (Å²) in [6.07, 6.45) is 11.1. The summed E-state index contributed by atoms with van der Waals surface area (Å²) in [4.78, 5) is 20.1. The molecule has 20 heavy (non-hydrogen) atoms. The van der Waals surface area contributed by atoms with E-state index in [1.165, 1.54) is 31.7 Å². The largest absolute Gasteiger partial charge is 0.349 e. The van der Waals surface area contributed by atoms with Gasteiger partial charge < -0.3 is 10.7 Å². The zero-order valence-electron chi connectivity index (χ0n) is 11.7. The molecule has 0 aliphatic heterocycles. The van der Waals surface area contributed by atoms with Crippen molar-refractivity contribution in [1.29, 1.82) is 0 Å². The number of hydrogen-bond donors (Lipinski definition) is 3.